The minimum Gasteiger partial charge on any atom is -0.454 e. The van der Waals surface area contributed by atoms with Gasteiger partial charge in [-0.05, 0) is 176 Å². The van der Waals surface area contributed by atoms with Gasteiger partial charge in [-0.1, -0.05) is 102 Å². The van der Waals surface area contributed by atoms with E-state index in [9.17, 15) is 28.8 Å². The van der Waals surface area contributed by atoms with Crippen LogP contribution < -0.4 is 60.6 Å². The summed E-state index contributed by atoms with van der Waals surface area (Å²) < 4.78 is 22.2. The van der Waals surface area contributed by atoms with Gasteiger partial charge in [0.25, 0.3) is 35.4 Å². The molecule has 0 spiro atoms. The fourth-order valence-electron chi connectivity index (χ4n) is 12.6. The lowest BCUT2D eigenvalue weighted by Gasteiger charge is -2.19. The van der Waals surface area contributed by atoms with E-state index < -0.39 is 0 Å². The van der Waals surface area contributed by atoms with Crippen molar-refractivity contribution in [3.05, 3.63) is 434 Å². The van der Waals surface area contributed by atoms with Gasteiger partial charge in [-0.15, -0.1) is 0 Å². The topological polar surface area (TPSA) is 450 Å². The Kier molecular flexibility index (Phi) is 36.9. The molecule has 13 aromatic heterocycles. The molecule has 0 unspecified atom stereocenters. The van der Waals surface area contributed by atoms with Crippen LogP contribution in [0.15, 0.2) is 361 Å². The molecule has 0 aliphatic carbocycles. The van der Waals surface area contributed by atoms with Crippen LogP contribution in [0.5, 0.6) is 46.4 Å². The second-order valence-corrected chi connectivity index (χ2v) is 30.6. The lowest BCUT2D eigenvalue weighted by atomic mass is 10.1. The summed E-state index contributed by atoms with van der Waals surface area (Å²) >= 11 is 0. The Bertz CT molecular complexity index is 6770. The molecular weight excluding hydrogens is 1800 g/mol. The lowest BCUT2D eigenvalue weighted by Crippen LogP contribution is -2.15. The van der Waals surface area contributed by atoms with Crippen LogP contribution in [-0.4, -0.2) is 139 Å². The molecule has 710 valence electrons. The number of pyridine rings is 8. The van der Waals surface area contributed by atoms with Gasteiger partial charge in [0.1, 0.15) is 53.6 Å². The molecule has 6 amide bonds. The smallest absolute Gasteiger partial charge is 0.275 e. The van der Waals surface area contributed by atoms with Crippen LogP contribution >= 0.6 is 0 Å². The van der Waals surface area contributed by atoms with E-state index in [4.69, 9.17) is 18.9 Å². The van der Waals surface area contributed by atoms with E-state index in [1.807, 2.05) is 200 Å². The molecule has 13 heterocycles. The monoisotopic (exact) mass is 1890 g/mol. The Hall–Kier alpha value is -19.7. The van der Waals surface area contributed by atoms with Crippen LogP contribution in [0.2, 0.25) is 0 Å². The molecule has 0 radical (unpaired) electrons. The van der Waals surface area contributed by atoms with Crippen LogP contribution in [0.4, 0.5) is 57.4 Å². The standard InChI is InChI=1S/C19H18N4O.C18H17N5O.C18H15N3O2.C17H15N5O2.C17H14N4O2.C16H13N5O2.CH4/c1-14-5-3-6-15(11-14)19(24)22-18-12-16(8-10-21-18)23(2)17-7-4-9-20-13-17;1-13-4-3-5-14(8-13)18(24)22-17-9-15(6-7-21-17)23(2)16-10-19-12-20-11-16;1-13-4-2-5-14(8-13)18(22)21-15-9-17(12-20-10-15)23-16-6-3-7-19-11-16;1-11-6-7-13(8-19-11)24-16-10-18-9-15(21-16)22-17(23)14-5-3-4-12(2)20-14;1-12-3-2-4-13(7-12)17(22)21-14-5-6-20-16(8-14)23-15-9-18-11-19-10-15;1-11-3-2-4-12(5-11)16(22)21-14-8-17-9-15(20-14)23-13-6-18-10-19-7-13;/h3-13H,1-2H3,(H,21,22,24);3-12H,1-2H3,(H,21,22,24);2-12H,1H3,(H,21,22);3-10H,1-2H3,(H,21,22,23);2-11H,1H3,(H,20,21,22);2-10H,1H3,(H,20,21,22);1H4. The zero-order valence-corrected chi connectivity index (χ0v) is 77.6. The molecule has 0 bridgehead atoms. The number of amides is 6. The number of carbonyl (C=O) groups excluding carboxylic acids is 6. The number of ether oxygens (including phenoxy) is 4. The maximum atomic E-state index is 12.3. The normalized spacial score (nSPS) is 10.1. The summed E-state index contributed by atoms with van der Waals surface area (Å²) in [5, 5.41) is 16.6. The SMILES string of the molecule is C.Cc1ccc(Oc2cncc(NC(=O)c3cccc(C)n3)n2)cn1.Cc1cccc(C(=O)Nc2cc(N(C)c3cccnc3)ccn2)c1.Cc1cccc(C(=O)Nc2cc(N(C)c3cncnc3)ccn2)c1.Cc1cccc(C(=O)Nc2ccnc(Oc3cncnc3)c2)c1.Cc1cccc(C(=O)Nc2cncc(Oc3cccnc3)c2)c1.Cc1cccc(C(=O)Nc2cncc(Oc3cncnc3)n2)c1. The molecule has 36 heteroatoms. The zero-order valence-electron chi connectivity index (χ0n) is 77.6. The summed E-state index contributed by atoms with van der Waals surface area (Å²) in [7, 11) is 3.85. The van der Waals surface area contributed by atoms with Crippen LogP contribution in [0.25, 0.3) is 0 Å². The first-order valence-corrected chi connectivity index (χ1v) is 43.3. The highest BCUT2D eigenvalue weighted by Gasteiger charge is 2.18. The number of hydrogen-bond acceptors (Lipinski definition) is 30. The van der Waals surface area contributed by atoms with Crippen molar-refractivity contribution in [3.63, 3.8) is 0 Å². The first kappa shape index (κ1) is 101. The summed E-state index contributed by atoms with van der Waals surface area (Å²) in [6, 6.07) is 65.6. The van der Waals surface area contributed by atoms with Gasteiger partial charge in [0.05, 0.1) is 110 Å². The number of benzene rings is 5. The van der Waals surface area contributed by atoms with Gasteiger partial charge in [0.15, 0.2) is 23.1 Å². The molecule has 36 nitrogen and oxygen atoms in total. The van der Waals surface area contributed by atoms with Crippen molar-refractivity contribution in [1.29, 1.82) is 0 Å². The average molecular weight is 1890 g/mol. The van der Waals surface area contributed by atoms with Gasteiger partial charge in [-0.3, -0.25) is 58.7 Å². The van der Waals surface area contributed by atoms with Crippen LogP contribution in [0.3, 0.4) is 0 Å². The number of nitrogens with zero attached hydrogens (tertiary/aromatic N) is 20. The number of hydrogen-bond donors (Lipinski definition) is 6. The highest BCUT2D eigenvalue weighted by Crippen LogP contribution is 2.30. The molecule has 18 aromatic rings. The Morgan fingerprint density at radius 3 is 1.11 bits per heavy atom. The van der Waals surface area contributed by atoms with Crippen molar-refractivity contribution in [1.82, 2.24) is 89.7 Å². The summed E-state index contributed by atoms with van der Waals surface area (Å²) in [6.45, 7) is 13.4. The Morgan fingerprint density at radius 1 is 0.246 bits per heavy atom. The largest absolute Gasteiger partial charge is 0.454 e. The van der Waals surface area contributed by atoms with E-state index in [0.29, 0.717) is 97.0 Å². The van der Waals surface area contributed by atoms with E-state index >= 15 is 0 Å². The predicted octanol–water partition coefficient (Wildman–Crippen LogP) is 20.2. The van der Waals surface area contributed by atoms with Gasteiger partial charge in [0, 0.05) is 126 Å². The van der Waals surface area contributed by atoms with Crippen LogP contribution in [-0.2, 0) is 0 Å². The van der Waals surface area contributed by atoms with E-state index in [2.05, 4.69) is 122 Å². The first-order valence-electron chi connectivity index (χ1n) is 43.3. The average Bonchev–Trinajstić information content (AvgIpc) is 0.853. The van der Waals surface area contributed by atoms with Gasteiger partial charge in [0.2, 0.25) is 17.6 Å². The lowest BCUT2D eigenvalue weighted by molar-refractivity contribution is 0.101. The zero-order chi connectivity index (χ0) is 99.0. The number of rotatable bonds is 24. The summed E-state index contributed by atoms with van der Waals surface area (Å²) in [4.78, 5) is 150. The quantitative estimate of drug-likeness (QED) is 0.0327. The molecule has 0 saturated heterocycles. The maximum Gasteiger partial charge on any atom is 0.275 e. The molecule has 0 fully saturated rings. The molecular formula is C106H96N26O10. The van der Waals surface area contributed by atoms with E-state index in [0.717, 1.165) is 62.0 Å². The molecule has 0 aliphatic rings. The molecule has 6 N–H and O–H groups in total. The van der Waals surface area contributed by atoms with Gasteiger partial charge in [-0.2, -0.15) is 9.97 Å². The fourth-order valence-corrected chi connectivity index (χ4v) is 12.6. The number of aryl methyl sites for hydroxylation is 7. The Balaban J connectivity index is 0.000000152. The summed E-state index contributed by atoms with van der Waals surface area (Å²) in [6.07, 6.45) is 36.0. The molecule has 0 aliphatic heterocycles. The minimum absolute atomic E-state index is 0. The number of aromatic nitrogens is 18. The molecule has 0 saturated carbocycles. The molecule has 0 atom stereocenters. The number of anilines is 10. The van der Waals surface area contributed by atoms with E-state index in [1.54, 1.807) is 165 Å². The fraction of sp³-hybridized carbons (Fsp3) is 0.0943. The number of carbonyl (C=O) groups is 6. The van der Waals surface area contributed by atoms with Crippen LogP contribution in [0, 0.1) is 48.5 Å². The maximum absolute atomic E-state index is 12.3. The Morgan fingerprint density at radius 2 is 0.648 bits per heavy atom. The van der Waals surface area contributed by atoms with Crippen molar-refractivity contribution < 1.29 is 47.7 Å². The van der Waals surface area contributed by atoms with Crippen molar-refractivity contribution in [2.24, 2.45) is 0 Å². The van der Waals surface area contributed by atoms with Crippen molar-refractivity contribution in [2.45, 2.75) is 55.9 Å². The van der Waals surface area contributed by atoms with Gasteiger partial charge < -0.3 is 60.6 Å². The third kappa shape index (κ3) is 32.3. The highest BCUT2D eigenvalue weighted by atomic mass is 16.5. The Labute approximate surface area is 817 Å². The number of nitrogens with one attached hydrogen (secondary N) is 6. The van der Waals surface area contributed by atoms with Gasteiger partial charge >= 0.3 is 0 Å². The van der Waals surface area contributed by atoms with Crippen molar-refractivity contribution in [3.8, 4) is 46.4 Å². The van der Waals surface area contributed by atoms with Crippen molar-refractivity contribution >= 4 is 92.8 Å². The van der Waals surface area contributed by atoms with E-state index in [-0.39, 0.29) is 60.4 Å². The second-order valence-electron chi connectivity index (χ2n) is 30.6. The molecule has 142 heavy (non-hydrogen) atoms. The van der Waals surface area contributed by atoms with Crippen LogP contribution in [0.1, 0.15) is 109 Å². The van der Waals surface area contributed by atoms with E-state index in [1.165, 1.54) is 68.6 Å². The summed E-state index contributed by atoms with van der Waals surface area (Å²) in [5.74, 6) is 3.65. The molecule has 5 aromatic carbocycles. The summed E-state index contributed by atoms with van der Waals surface area (Å²) in [5.41, 5.74) is 14.8. The second kappa shape index (κ2) is 51.7. The van der Waals surface area contributed by atoms with Crippen molar-refractivity contribution in [2.75, 3.05) is 55.8 Å². The predicted molar refractivity (Wildman–Crippen MR) is 540 cm³/mol. The highest BCUT2D eigenvalue weighted by molar-refractivity contribution is 6.07. The minimum atomic E-state index is -0.359. The van der Waals surface area contributed by atoms with Gasteiger partial charge in [-0.25, -0.2) is 49.8 Å². The molecule has 18 rings (SSSR count). The first-order chi connectivity index (χ1) is 68.5. The third-order valence-corrected chi connectivity index (χ3v) is 19.4. The third-order valence-electron chi connectivity index (χ3n) is 19.4.